The molecule has 0 aliphatic carbocycles. The van der Waals surface area contributed by atoms with E-state index in [9.17, 15) is 9.18 Å². The maximum Gasteiger partial charge on any atom is 0.164 e. The lowest BCUT2D eigenvalue weighted by molar-refractivity contribution is 0.0981. The van der Waals surface area contributed by atoms with Crippen molar-refractivity contribution in [2.24, 2.45) is 0 Å². The molecule has 26 heavy (non-hydrogen) atoms. The molecule has 0 saturated heterocycles. The molecule has 0 amide bonds. The fourth-order valence-electron chi connectivity index (χ4n) is 2.68. The van der Waals surface area contributed by atoms with Crippen molar-refractivity contribution in [3.05, 3.63) is 95.8 Å². The van der Waals surface area contributed by atoms with E-state index in [-0.39, 0.29) is 23.3 Å². The summed E-state index contributed by atoms with van der Waals surface area (Å²) in [7, 11) is 1.58. The number of benzene rings is 3. The standard InChI is InChI=1S/C22H19FO2S/c1-25-17-13-11-16(12-14-17)21(24)15-22(19-9-5-6-10-20(19)23)26-18-7-3-2-4-8-18/h2-14,22H,15H2,1H3. The van der Waals surface area contributed by atoms with E-state index < -0.39 is 0 Å². The van der Waals surface area contributed by atoms with Gasteiger partial charge in [0, 0.05) is 27.7 Å². The number of ketones is 1. The molecular formula is C22H19FO2S. The largest absolute Gasteiger partial charge is 0.497 e. The van der Waals surface area contributed by atoms with Gasteiger partial charge < -0.3 is 4.74 Å². The van der Waals surface area contributed by atoms with Crippen molar-refractivity contribution in [3.8, 4) is 5.75 Å². The fourth-order valence-corrected chi connectivity index (χ4v) is 3.87. The van der Waals surface area contributed by atoms with E-state index >= 15 is 0 Å². The summed E-state index contributed by atoms with van der Waals surface area (Å²) < 4.78 is 19.5. The molecule has 0 aliphatic heterocycles. The number of rotatable bonds is 7. The number of methoxy groups -OCH3 is 1. The summed E-state index contributed by atoms with van der Waals surface area (Å²) in [4.78, 5) is 13.8. The molecule has 132 valence electrons. The van der Waals surface area contributed by atoms with Crippen molar-refractivity contribution in [2.45, 2.75) is 16.6 Å². The summed E-state index contributed by atoms with van der Waals surface area (Å²) in [5.41, 5.74) is 1.14. The van der Waals surface area contributed by atoms with Gasteiger partial charge in [-0.3, -0.25) is 4.79 Å². The summed E-state index contributed by atoms with van der Waals surface area (Å²) >= 11 is 1.50. The van der Waals surface area contributed by atoms with Crippen LogP contribution in [0.3, 0.4) is 0 Å². The normalized spacial score (nSPS) is 11.8. The van der Waals surface area contributed by atoms with Crippen LogP contribution >= 0.6 is 11.8 Å². The molecule has 0 heterocycles. The third-order valence-corrected chi connectivity index (χ3v) is 5.31. The molecule has 1 unspecified atom stereocenters. The molecule has 3 aromatic carbocycles. The van der Waals surface area contributed by atoms with Crippen LogP contribution in [0.4, 0.5) is 4.39 Å². The van der Waals surface area contributed by atoms with Crippen LogP contribution in [-0.4, -0.2) is 12.9 Å². The Labute approximate surface area is 157 Å². The highest BCUT2D eigenvalue weighted by Crippen LogP contribution is 2.39. The molecule has 0 bridgehead atoms. The van der Waals surface area contributed by atoms with Gasteiger partial charge in [0.1, 0.15) is 11.6 Å². The van der Waals surface area contributed by atoms with Gasteiger partial charge in [-0.1, -0.05) is 36.4 Å². The van der Waals surface area contributed by atoms with Crippen molar-refractivity contribution < 1.29 is 13.9 Å². The molecule has 1 atom stereocenters. The second kappa shape index (κ2) is 8.68. The summed E-state index contributed by atoms with van der Waals surface area (Å²) in [6.45, 7) is 0. The van der Waals surface area contributed by atoms with Gasteiger partial charge in [-0.25, -0.2) is 4.39 Å². The first kappa shape index (κ1) is 18.2. The van der Waals surface area contributed by atoms with E-state index in [0.717, 1.165) is 4.90 Å². The zero-order valence-electron chi connectivity index (χ0n) is 14.4. The molecule has 3 rings (SSSR count). The Bertz CT molecular complexity index is 863. The Hall–Kier alpha value is -2.59. The van der Waals surface area contributed by atoms with Crippen LogP contribution < -0.4 is 4.74 Å². The number of hydrogen-bond acceptors (Lipinski definition) is 3. The maximum atomic E-state index is 14.4. The number of ether oxygens (including phenoxy) is 1. The summed E-state index contributed by atoms with van der Waals surface area (Å²) in [6.07, 6.45) is 0.215. The van der Waals surface area contributed by atoms with Gasteiger partial charge in [-0.05, 0) is 42.5 Å². The molecule has 0 radical (unpaired) electrons. The Balaban J connectivity index is 1.85. The quantitative estimate of drug-likeness (QED) is 0.382. The SMILES string of the molecule is COc1ccc(C(=O)CC(Sc2ccccc2)c2ccccc2F)cc1. The third kappa shape index (κ3) is 4.52. The molecule has 3 aromatic rings. The highest BCUT2D eigenvalue weighted by molar-refractivity contribution is 7.99. The Morgan fingerprint density at radius 1 is 0.962 bits per heavy atom. The molecule has 0 N–H and O–H groups in total. The van der Waals surface area contributed by atoms with Crippen LogP contribution in [0.5, 0.6) is 5.75 Å². The summed E-state index contributed by atoms with van der Waals surface area (Å²) in [5, 5.41) is -0.298. The lowest BCUT2D eigenvalue weighted by Gasteiger charge is -2.17. The van der Waals surface area contributed by atoms with Crippen molar-refractivity contribution in [3.63, 3.8) is 0 Å². The van der Waals surface area contributed by atoms with E-state index in [1.165, 1.54) is 17.8 Å². The van der Waals surface area contributed by atoms with Gasteiger partial charge in [0.25, 0.3) is 0 Å². The Kier molecular flexibility index (Phi) is 6.08. The molecule has 0 spiro atoms. The molecule has 0 fully saturated rings. The highest BCUT2D eigenvalue weighted by Gasteiger charge is 2.21. The zero-order chi connectivity index (χ0) is 18.4. The molecule has 0 aliphatic rings. The summed E-state index contributed by atoms with van der Waals surface area (Å²) in [6, 6.07) is 23.4. The van der Waals surface area contributed by atoms with Crippen LogP contribution in [0.15, 0.2) is 83.8 Å². The topological polar surface area (TPSA) is 26.3 Å². The predicted octanol–water partition coefficient (Wildman–Crippen LogP) is 5.94. The lowest BCUT2D eigenvalue weighted by atomic mass is 10.0. The number of Topliss-reactive ketones (excluding diaryl/α,β-unsaturated/α-hetero) is 1. The van der Waals surface area contributed by atoms with E-state index in [2.05, 4.69) is 0 Å². The third-order valence-electron chi connectivity index (χ3n) is 4.06. The van der Waals surface area contributed by atoms with Gasteiger partial charge in [0.05, 0.1) is 7.11 Å². The zero-order valence-corrected chi connectivity index (χ0v) is 15.2. The molecular weight excluding hydrogens is 347 g/mol. The minimum Gasteiger partial charge on any atom is -0.497 e. The van der Waals surface area contributed by atoms with Gasteiger partial charge >= 0.3 is 0 Å². The second-order valence-corrected chi connectivity index (χ2v) is 7.07. The van der Waals surface area contributed by atoms with Crippen LogP contribution in [0.2, 0.25) is 0 Å². The van der Waals surface area contributed by atoms with Crippen molar-refractivity contribution in [1.29, 1.82) is 0 Å². The van der Waals surface area contributed by atoms with E-state index in [1.54, 1.807) is 49.6 Å². The van der Waals surface area contributed by atoms with Crippen LogP contribution in [-0.2, 0) is 0 Å². The van der Waals surface area contributed by atoms with Gasteiger partial charge in [0.2, 0.25) is 0 Å². The van der Waals surface area contributed by atoms with E-state index in [0.29, 0.717) is 16.9 Å². The summed E-state index contributed by atoms with van der Waals surface area (Å²) in [5.74, 6) is 0.388. The predicted molar refractivity (Wildman–Crippen MR) is 103 cm³/mol. The lowest BCUT2D eigenvalue weighted by Crippen LogP contribution is -2.07. The molecule has 4 heteroatoms. The minimum absolute atomic E-state index is 0.0238. The minimum atomic E-state index is -0.298. The van der Waals surface area contributed by atoms with Gasteiger partial charge in [0.15, 0.2) is 5.78 Å². The average molecular weight is 366 g/mol. The van der Waals surface area contributed by atoms with Crippen molar-refractivity contribution >= 4 is 17.5 Å². The van der Waals surface area contributed by atoms with Crippen LogP contribution in [0.1, 0.15) is 27.6 Å². The molecule has 0 saturated carbocycles. The maximum absolute atomic E-state index is 14.4. The average Bonchev–Trinajstić information content (AvgIpc) is 2.69. The number of hydrogen-bond donors (Lipinski definition) is 0. The van der Waals surface area contributed by atoms with Crippen LogP contribution in [0, 0.1) is 5.82 Å². The first-order valence-corrected chi connectivity index (χ1v) is 9.18. The van der Waals surface area contributed by atoms with E-state index in [4.69, 9.17) is 4.74 Å². The van der Waals surface area contributed by atoms with Crippen molar-refractivity contribution in [1.82, 2.24) is 0 Å². The monoisotopic (exact) mass is 366 g/mol. The number of halogens is 1. The highest BCUT2D eigenvalue weighted by atomic mass is 32.2. The number of carbonyl (C=O) groups excluding carboxylic acids is 1. The van der Waals surface area contributed by atoms with Gasteiger partial charge in [-0.15, -0.1) is 11.8 Å². The second-order valence-electron chi connectivity index (χ2n) is 5.80. The number of thioether (sulfide) groups is 1. The number of carbonyl (C=O) groups is 1. The molecule has 0 aromatic heterocycles. The fraction of sp³-hybridized carbons (Fsp3) is 0.136. The smallest absolute Gasteiger partial charge is 0.164 e. The first-order valence-electron chi connectivity index (χ1n) is 8.31. The first-order chi connectivity index (χ1) is 12.7. The Morgan fingerprint density at radius 3 is 2.27 bits per heavy atom. The van der Waals surface area contributed by atoms with Crippen LogP contribution in [0.25, 0.3) is 0 Å². The Morgan fingerprint density at radius 2 is 1.62 bits per heavy atom. The van der Waals surface area contributed by atoms with Gasteiger partial charge in [-0.2, -0.15) is 0 Å². The van der Waals surface area contributed by atoms with Crippen molar-refractivity contribution in [2.75, 3.05) is 7.11 Å². The van der Waals surface area contributed by atoms with E-state index in [1.807, 2.05) is 30.3 Å². The molecule has 2 nitrogen and oxygen atoms in total.